The minimum atomic E-state index is -0.330. The Morgan fingerprint density at radius 2 is 1.90 bits per heavy atom. The van der Waals surface area contributed by atoms with E-state index in [4.69, 9.17) is 4.74 Å². The summed E-state index contributed by atoms with van der Waals surface area (Å²) in [5.41, 5.74) is 1.27. The molecule has 0 atom stereocenters. The molecule has 3 amide bonds. The molecule has 1 heterocycles. The van der Waals surface area contributed by atoms with E-state index in [0.29, 0.717) is 17.1 Å². The highest BCUT2D eigenvalue weighted by Crippen LogP contribution is 2.31. The third-order valence-electron chi connectivity index (χ3n) is 4.51. The SMILES string of the molecule is CSc1ccccc1NC(=O)CN(C)C(=O)CN1C(=O)CCOc2ccccc21. The number of benzene rings is 2. The molecule has 1 aliphatic heterocycles. The maximum atomic E-state index is 12.7. The first-order valence-electron chi connectivity index (χ1n) is 9.18. The first kappa shape index (κ1) is 20.7. The van der Waals surface area contributed by atoms with Crippen molar-refractivity contribution in [2.75, 3.05) is 43.2 Å². The van der Waals surface area contributed by atoms with Crippen LogP contribution in [0.25, 0.3) is 0 Å². The van der Waals surface area contributed by atoms with Gasteiger partial charge in [0, 0.05) is 11.9 Å². The van der Waals surface area contributed by atoms with Crippen molar-refractivity contribution in [1.82, 2.24) is 4.90 Å². The van der Waals surface area contributed by atoms with Gasteiger partial charge in [-0.25, -0.2) is 0 Å². The molecule has 0 aliphatic carbocycles. The van der Waals surface area contributed by atoms with Gasteiger partial charge in [-0.1, -0.05) is 24.3 Å². The van der Waals surface area contributed by atoms with Crippen LogP contribution in [-0.4, -0.2) is 55.6 Å². The molecule has 1 N–H and O–H groups in total. The Morgan fingerprint density at radius 3 is 2.69 bits per heavy atom. The number of carbonyl (C=O) groups excluding carboxylic acids is 3. The topological polar surface area (TPSA) is 79.0 Å². The Morgan fingerprint density at radius 1 is 1.17 bits per heavy atom. The van der Waals surface area contributed by atoms with Gasteiger partial charge in [0.1, 0.15) is 12.3 Å². The Labute approximate surface area is 174 Å². The fraction of sp³-hybridized carbons (Fsp3) is 0.286. The van der Waals surface area contributed by atoms with Crippen molar-refractivity contribution in [3.05, 3.63) is 48.5 Å². The summed E-state index contributed by atoms with van der Waals surface area (Å²) in [6.45, 7) is 0.0136. The zero-order chi connectivity index (χ0) is 20.8. The highest BCUT2D eigenvalue weighted by molar-refractivity contribution is 7.98. The van der Waals surface area contributed by atoms with Gasteiger partial charge in [-0.3, -0.25) is 19.3 Å². The molecule has 0 saturated carbocycles. The summed E-state index contributed by atoms with van der Waals surface area (Å²) < 4.78 is 5.59. The molecular weight excluding hydrogens is 390 g/mol. The molecular formula is C21H23N3O4S. The van der Waals surface area contributed by atoms with Crippen molar-refractivity contribution >= 4 is 40.9 Å². The number of nitrogens with one attached hydrogen (secondary N) is 1. The van der Waals surface area contributed by atoms with E-state index in [-0.39, 0.29) is 43.8 Å². The Kier molecular flexibility index (Phi) is 6.77. The third kappa shape index (κ3) is 5.08. The van der Waals surface area contributed by atoms with Gasteiger partial charge in [-0.2, -0.15) is 0 Å². The van der Waals surface area contributed by atoms with Crippen LogP contribution in [0.3, 0.4) is 0 Å². The minimum Gasteiger partial charge on any atom is -0.491 e. The van der Waals surface area contributed by atoms with Crippen molar-refractivity contribution in [2.45, 2.75) is 11.3 Å². The molecule has 152 valence electrons. The normalized spacial score (nSPS) is 13.2. The number of ether oxygens (including phenoxy) is 1. The summed E-state index contributed by atoms with van der Waals surface area (Å²) in [5, 5.41) is 2.83. The van der Waals surface area contributed by atoms with E-state index in [1.54, 1.807) is 25.2 Å². The predicted molar refractivity (Wildman–Crippen MR) is 113 cm³/mol. The van der Waals surface area contributed by atoms with E-state index in [1.165, 1.54) is 21.6 Å². The van der Waals surface area contributed by atoms with E-state index >= 15 is 0 Å². The van der Waals surface area contributed by atoms with E-state index in [9.17, 15) is 14.4 Å². The van der Waals surface area contributed by atoms with Gasteiger partial charge in [0.05, 0.1) is 30.9 Å². The fourth-order valence-corrected chi connectivity index (χ4v) is 3.54. The second-order valence-corrected chi connectivity index (χ2v) is 7.39. The van der Waals surface area contributed by atoms with Gasteiger partial charge >= 0.3 is 0 Å². The summed E-state index contributed by atoms with van der Waals surface area (Å²) in [6.07, 6.45) is 2.12. The molecule has 2 aromatic rings. The summed E-state index contributed by atoms with van der Waals surface area (Å²) in [4.78, 5) is 41.2. The maximum Gasteiger partial charge on any atom is 0.244 e. The molecule has 0 aromatic heterocycles. The summed E-state index contributed by atoms with van der Waals surface area (Å²) >= 11 is 1.53. The molecule has 29 heavy (non-hydrogen) atoms. The van der Waals surface area contributed by atoms with Crippen LogP contribution in [0.1, 0.15) is 6.42 Å². The lowest BCUT2D eigenvalue weighted by Crippen LogP contribution is -2.43. The summed E-state index contributed by atoms with van der Waals surface area (Å²) in [5.74, 6) is -0.244. The lowest BCUT2D eigenvalue weighted by Gasteiger charge is -2.24. The number of hydrogen-bond donors (Lipinski definition) is 1. The van der Waals surface area contributed by atoms with Crippen LogP contribution in [0, 0.1) is 0 Å². The largest absolute Gasteiger partial charge is 0.491 e. The van der Waals surface area contributed by atoms with Gasteiger partial charge in [0.15, 0.2) is 0 Å². The van der Waals surface area contributed by atoms with Crippen LogP contribution >= 0.6 is 11.8 Å². The van der Waals surface area contributed by atoms with Gasteiger partial charge in [0.2, 0.25) is 17.7 Å². The number of para-hydroxylation sites is 3. The third-order valence-corrected chi connectivity index (χ3v) is 5.31. The van der Waals surface area contributed by atoms with Crippen molar-refractivity contribution in [1.29, 1.82) is 0 Å². The molecule has 7 nitrogen and oxygen atoms in total. The number of fused-ring (bicyclic) bond motifs is 1. The van der Waals surface area contributed by atoms with E-state index < -0.39 is 0 Å². The number of nitrogens with zero attached hydrogens (tertiary/aromatic N) is 2. The minimum absolute atomic E-state index is 0.109. The fourth-order valence-electron chi connectivity index (χ4n) is 2.99. The standard InChI is InChI=1S/C21H23N3O4S/c1-23(13-19(25)22-15-7-3-6-10-18(15)29-2)21(27)14-24-16-8-4-5-9-17(16)28-12-11-20(24)26/h3-10H,11-14H2,1-2H3,(H,22,25). The summed E-state index contributed by atoms with van der Waals surface area (Å²) in [7, 11) is 1.55. The Hall–Kier alpha value is -3.00. The highest BCUT2D eigenvalue weighted by Gasteiger charge is 2.26. The molecule has 0 radical (unpaired) electrons. The molecule has 0 fully saturated rings. The molecule has 3 rings (SSSR count). The molecule has 8 heteroatoms. The van der Waals surface area contributed by atoms with Crippen LogP contribution < -0.4 is 15.0 Å². The Bertz CT molecular complexity index is 918. The lowest BCUT2D eigenvalue weighted by atomic mass is 10.2. The summed E-state index contributed by atoms with van der Waals surface area (Å²) in [6, 6.07) is 14.6. The van der Waals surface area contributed by atoms with Gasteiger partial charge in [0.25, 0.3) is 0 Å². The van der Waals surface area contributed by atoms with E-state index in [1.807, 2.05) is 36.6 Å². The average molecular weight is 413 g/mol. The maximum absolute atomic E-state index is 12.7. The number of hydrogen-bond acceptors (Lipinski definition) is 5. The molecule has 0 unspecified atom stereocenters. The zero-order valence-corrected chi connectivity index (χ0v) is 17.2. The van der Waals surface area contributed by atoms with Crippen molar-refractivity contribution in [2.24, 2.45) is 0 Å². The smallest absolute Gasteiger partial charge is 0.244 e. The van der Waals surface area contributed by atoms with Gasteiger partial charge in [-0.05, 0) is 30.5 Å². The first-order valence-corrected chi connectivity index (χ1v) is 10.4. The molecule has 0 spiro atoms. The highest BCUT2D eigenvalue weighted by atomic mass is 32.2. The van der Waals surface area contributed by atoms with Crippen molar-refractivity contribution in [3.8, 4) is 5.75 Å². The zero-order valence-electron chi connectivity index (χ0n) is 16.4. The van der Waals surface area contributed by atoms with E-state index in [0.717, 1.165) is 4.90 Å². The predicted octanol–water partition coefficient (Wildman–Crippen LogP) is 2.62. The molecule has 0 saturated heterocycles. The number of amides is 3. The number of rotatable bonds is 6. The van der Waals surface area contributed by atoms with Crippen molar-refractivity contribution in [3.63, 3.8) is 0 Å². The molecule has 1 aliphatic rings. The first-order chi connectivity index (χ1) is 14.0. The molecule has 2 aromatic carbocycles. The quantitative estimate of drug-likeness (QED) is 0.737. The van der Waals surface area contributed by atoms with Gasteiger partial charge < -0.3 is 15.0 Å². The van der Waals surface area contributed by atoms with Crippen LogP contribution in [-0.2, 0) is 14.4 Å². The van der Waals surface area contributed by atoms with Crippen LogP contribution in [0.4, 0.5) is 11.4 Å². The second kappa shape index (κ2) is 9.47. The Balaban J connectivity index is 1.64. The van der Waals surface area contributed by atoms with Crippen LogP contribution in [0.5, 0.6) is 5.75 Å². The average Bonchev–Trinajstić information content (AvgIpc) is 2.87. The van der Waals surface area contributed by atoms with Crippen molar-refractivity contribution < 1.29 is 19.1 Å². The molecule has 0 bridgehead atoms. The van der Waals surface area contributed by atoms with Crippen LogP contribution in [0.15, 0.2) is 53.4 Å². The monoisotopic (exact) mass is 413 g/mol. The van der Waals surface area contributed by atoms with Gasteiger partial charge in [-0.15, -0.1) is 11.8 Å². The second-order valence-electron chi connectivity index (χ2n) is 6.54. The lowest BCUT2D eigenvalue weighted by molar-refractivity contribution is -0.133. The van der Waals surface area contributed by atoms with Crippen LogP contribution in [0.2, 0.25) is 0 Å². The number of likely N-dealkylation sites (N-methyl/N-ethyl adjacent to an activating group) is 1. The van der Waals surface area contributed by atoms with E-state index in [2.05, 4.69) is 5.32 Å². The number of carbonyl (C=O) groups is 3. The number of anilines is 2. The number of thioether (sulfide) groups is 1.